The van der Waals surface area contributed by atoms with Gasteiger partial charge >= 0.3 is 5.97 Å². The van der Waals surface area contributed by atoms with Gasteiger partial charge in [0.25, 0.3) is 0 Å². The maximum atomic E-state index is 11.0. The molecular weight excluding hydrogens is 218 g/mol. The first-order chi connectivity index (χ1) is 8.06. The van der Waals surface area contributed by atoms with E-state index in [0.717, 1.165) is 5.56 Å². The zero-order valence-electron chi connectivity index (χ0n) is 10.2. The highest BCUT2D eigenvalue weighted by Gasteiger charge is 2.13. The van der Waals surface area contributed by atoms with Crippen molar-refractivity contribution in [3.05, 3.63) is 35.4 Å². The molecule has 3 N–H and O–H groups in total. The van der Waals surface area contributed by atoms with Crippen molar-refractivity contribution in [2.45, 2.75) is 26.4 Å². The number of nitrogens with one attached hydrogen (secondary N) is 1. The Hall–Kier alpha value is -1.39. The second-order valence-corrected chi connectivity index (χ2v) is 4.38. The maximum Gasteiger partial charge on any atom is 0.336 e. The second kappa shape index (κ2) is 6.37. The smallest absolute Gasteiger partial charge is 0.336 e. The van der Waals surface area contributed by atoms with Crippen LogP contribution in [0.3, 0.4) is 0 Å². The molecule has 1 unspecified atom stereocenters. The summed E-state index contributed by atoms with van der Waals surface area (Å²) < 4.78 is 0. The van der Waals surface area contributed by atoms with E-state index in [4.69, 9.17) is 5.11 Å². The first-order valence-electron chi connectivity index (χ1n) is 5.71. The van der Waals surface area contributed by atoms with Crippen molar-refractivity contribution >= 4 is 5.97 Å². The van der Waals surface area contributed by atoms with Crippen molar-refractivity contribution < 1.29 is 15.0 Å². The Morgan fingerprint density at radius 1 is 1.35 bits per heavy atom. The van der Waals surface area contributed by atoms with Crippen LogP contribution in [0.2, 0.25) is 0 Å². The number of carboxylic acid groups (broad SMARTS) is 1. The third kappa shape index (κ3) is 3.84. The molecule has 4 heteroatoms. The van der Waals surface area contributed by atoms with Gasteiger partial charge in [-0.15, -0.1) is 0 Å². The van der Waals surface area contributed by atoms with Crippen molar-refractivity contribution in [3.8, 4) is 0 Å². The number of carbonyl (C=O) groups is 1. The van der Waals surface area contributed by atoms with E-state index >= 15 is 0 Å². The van der Waals surface area contributed by atoms with Gasteiger partial charge in [-0.05, 0) is 17.5 Å². The lowest BCUT2D eigenvalue weighted by Crippen LogP contribution is -2.36. The van der Waals surface area contributed by atoms with Crippen LogP contribution in [0.25, 0.3) is 0 Å². The lowest BCUT2D eigenvalue weighted by molar-refractivity contribution is 0.0695. The van der Waals surface area contributed by atoms with Gasteiger partial charge in [0.15, 0.2) is 0 Å². The number of aromatic carboxylic acids is 1. The van der Waals surface area contributed by atoms with Crippen LogP contribution in [0.4, 0.5) is 0 Å². The SMILES string of the molecule is CC(C)C(CO)NCc1ccccc1C(=O)O. The lowest BCUT2D eigenvalue weighted by Gasteiger charge is -2.20. The van der Waals surface area contributed by atoms with Gasteiger partial charge in [0.05, 0.1) is 12.2 Å². The molecule has 1 aromatic carbocycles. The Morgan fingerprint density at radius 3 is 2.53 bits per heavy atom. The number of hydrogen-bond acceptors (Lipinski definition) is 3. The molecule has 0 spiro atoms. The topological polar surface area (TPSA) is 69.6 Å². The van der Waals surface area contributed by atoms with Gasteiger partial charge < -0.3 is 15.5 Å². The van der Waals surface area contributed by atoms with Gasteiger partial charge in [0.1, 0.15) is 0 Å². The Bertz CT molecular complexity index is 377. The number of rotatable bonds is 6. The van der Waals surface area contributed by atoms with Crippen LogP contribution in [0.1, 0.15) is 29.8 Å². The number of carboxylic acids is 1. The van der Waals surface area contributed by atoms with E-state index < -0.39 is 5.97 Å². The highest BCUT2D eigenvalue weighted by molar-refractivity contribution is 5.89. The molecular formula is C13H19NO3. The average molecular weight is 237 g/mol. The molecule has 4 nitrogen and oxygen atoms in total. The first-order valence-corrected chi connectivity index (χ1v) is 5.71. The van der Waals surface area contributed by atoms with E-state index in [2.05, 4.69) is 5.32 Å². The Labute approximate surface area is 101 Å². The molecule has 17 heavy (non-hydrogen) atoms. The molecule has 94 valence electrons. The molecule has 0 saturated heterocycles. The molecule has 0 amide bonds. The van der Waals surface area contributed by atoms with Crippen molar-refractivity contribution in [2.75, 3.05) is 6.61 Å². The van der Waals surface area contributed by atoms with Gasteiger partial charge in [0, 0.05) is 12.6 Å². The van der Waals surface area contributed by atoms with Crippen LogP contribution in [-0.4, -0.2) is 28.8 Å². The van der Waals surface area contributed by atoms with Gasteiger partial charge in [-0.3, -0.25) is 0 Å². The molecule has 0 aliphatic heterocycles. The molecule has 0 aliphatic rings. The third-order valence-electron chi connectivity index (χ3n) is 2.80. The summed E-state index contributed by atoms with van der Waals surface area (Å²) in [6.45, 7) is 4.52. The van der Waals surface area contributed by atoms with Gasteiger partial charge in [0.2, 0.25) is 0 Å². The van der Waals surface area contributed by atoms with Crippen LogP contribution >= 0.6 is 0 Å². The molecule has 0 aliphatic carbocycles. The zero-order chi connectivity index (χ0) is 12.8. The monoisotopic (exact) mass is 237 g/mol. The third-order valence-corrected chi connectivity index (χ3v) is 2.80. The fraction of sp³-hybridized carbons (Fsp3) is 0.462. The summed E-state index contributed by atoms with van der Waals surface area (Å²) in [7, 11) is 0. The van der Waals surface area contributed by atoms with Gasteiger partial charge in [-0.1, -0.05) is 32.0 Å². The summed E-state index contributed by atoms with van der Waals surface area (Å²) in [6, 6.07) is 6.87. The minimum absolute atomic E-state index is 0.0168. The van der Waals surface area contributed by atoms with Gasteiger partial charge in [-0.2, -0.15) is 0 Å². The number of benzene rings is 1. The standard InChI is InChI=1S/C13H19NO3/c1-9(2)12(8-15)14-7-10-5-3-4-6-11(10)13(16)17/h3-6,9,12,14-15H,7-8H2,1-2H3,(H,16,17). The quantitative estimate of drug-likeness (QED) is 0.701. The largest absolute Gasteiger partial charge is 0.478 e. The van der Waals surface area contributed by atoms with Gasteiger partial charge in [-0.25, -0.2) is 4.79 Å². The number of aliphatic hydroxyl groups excluding tert-OH is 1. The summed E-state index contributed by atoms with van der Waals surface area (Å²) >= 11 is 0. The van der Waals surface area contributed by atoms with E-state index in [-0.39, 0.29) is 12.6 Å². The van der Waals surface area contributed by atoms with E-state index in [1.165, 1.54) is 0 Å². The molecule has 1 atom stereocenters. The molecule has 0 saturated carbocycles. The summed E-state index contributed by atoms with van der Waals surface area (Å²) in [5.74, 6) is -0.621. The summed E-state index contributed by atoms with van der Waals surface area (Å²) in [6.07, 6.45) is 0. The average Bonchev–Trinajstić information content (AvgIpc) is 2.29. The minimum atomic E-state index is -0.924. The van der Waals surface area contributed by atoms with Crippen LogP contribution in [-0.2, 0) is 6.54 Å². The second-order valence-electron chi connectivity index (χ2n) is 4.38. The zero-order valence-corrected chi connectivity index (χ0v) is 10.2. The fourth-order valence-corrected chi connectivity index (χ4v) is 1.64. The normalized spacial score (nSPS) is 12.7. The molecule has 0 fully saturated rings. The Balaban J connectivity index is 2.72. The fourth-order valence-electron chi connectivity index (χ4n) is 1.64. The Kier molecular flexibility index (Phi) is 5.12. The summed E-state index contributed by atoms with van der Waals surface area (Å²) in [5, 5.41) is 21.4. The van der Waals surface area contributed by atoms with Crippen LogP contribution in [0, 0.1) is 5.92 Å². The first kappa shape index (κ1) is 13.7. The molecule has 1 rings (SSSR count). The molecule has 0 radical (unpaired) electrons. The lowest BCUT2D eigenvalue weighted by atomic mass is 10.0. The predicted octanol–water partition coefficient (Wildman–Crippen LogP) is 1.49. The van der Waals surface area contributed by atoms with E-state index in [9.17, 15) is 9.90 Å². The van der Waals surface area contributed by atoms with Crippen molar-refractivity contribution in [1.29, 1.82) is 0 Å². The summed E-state index contributed by atoms with van der Waals surface area (Å²) in [5.41, 5.74) is 1.04. The summed E-state index contributed by atoms with van der Waals surface area (Å²) in [4.78, 5) is 11.0. The molecule has 1 aromatic rings. The van der Waals surface area contributed by atoms with E-state index in [1.807, 2.05) is 19.9 Å². The highest BCUT2D eigenvalue weighted by Crippen LogP contribution is 2.10. The number of hydrogen-bond donors (Lipinski definition) is 3. The van der Waals surface area contributed by atoms with Crippen molar-refractivity contribution in [3.63, 3.8) is 0 Å². The van der Waals surface area contributed by atoms with Crippen LogP contribution < -0.4 is 5.32 Å². The Morgan fingerprint density at radius 2 is 2.00 bits per heavy atom. The molecule has 0 heterocycles. The van der Waals surface area contributed by atoms with E-state index in [1.54, 1.807) is 18.2 Å². The molecule has 0 aromatic heterocycles. The maximum absolute atomic E-state index is 11.0. The van der Waals surface area contributed by atoms with Crippen molar-refractivity contribution in [2.24, 2.45) is 5.92 Å². The highest BCUT2D eigenvalue weighted by atomic mass is 16.4. The van der Waals surface area contributed by atoms with Crippen molar-refractivity contribution in [1.82, 2.24) is 5.32 Å². The molecule has 0 bridgehead atoms. The predicted molar refractivity (Wildman–Crippen MR) is 66.0 cm³/mol. The van der Waals surface area contributed by atoms with Crippen LogP contribution in [0.5, 0.6) is 0 Å². The number of aliphatic hydroxyl groups is 1. The van der Waals surface area contributed by atoms with E-state index in [0.29, 0.717) is 18.0 Å². The minimum Gasteiger partial charge on any atom is -0.478 e. The van der Waals surface area contributed by atoms with Crippen LogP contribution in [0.15, 0.2) is 24.3 Å².